The summed E-state index contributed by atoms with van der Waals surface area (Å²) in [5.74, 6) is 0.152. The Morgan fingerprint density at radius 2 is 2.06 bits per heavy atom. The third kappa shape index (κ3) is 2.62. The van der Waals surface area contributed by atoms with Crippen LogP contribution in [0.3, 0.4) is 0 Å². The fourth-order valence-electron chi connectivity index (χ4n) is 2.06. The molecule has 2 rings (SSSR count). The fourth-order valence-corrected chi connectivity index (χ4v) is 2.06. The van der Waals surface area contributed by atoms with Crippen LogP contribution in [0.15, 0.2) is 41.0 Å². The lowest BCUT2D eigenvalue weighted by Gasteiger charge is -2.16. The Hall–Kier alpha value is -2.03. The lowest BCUT2D eigenvalue weighted by atomic mass is 10.0. The molecule has 2 aromatic rings. The summed E-state index contributed by atoms with van der Waals surface area (Å²) in [7, 11) is 0. The number of nitrogens with one attached hydrogen (secondary N) is 1. The molecule has 1 heterocycles. The van der Waals surface area contributed by atoms with Crippen molar-refractivity contribution >= 4 is 5.91 Å². The predicted octanol–water partition coefficient (Wildman–Crippen LogP) is 3.39. The van der Waals surface area contributed by atoms with Gasteiger partial charge in [0.2, 0.25) is 0 Å². The molecule has 1 aromatic heterocycles. The van der Waals surface area contributed by atoms with Crippen molar-refractivity contribution in [1.82, 2.24) is 5.32 Å². The zero-order valence-corrected chi connectivity index (χ0v) is 10.9. The van der Waals surface area contributed by atoms with Gasteiger partial charge in [-0.2, -0.15) is 0 Å². The second kappa shape index (κ2) is 5.08. The molecule has 0 saturated heterocycles. The van der Waals surface area contributed by atoms with Gasteiger partial charge < -0.3 is 9.73 Å². The molecule has 0 radical (unpaired) electrons. The maximum absolute atomic E-state index is 11.9. The van der Waals surface area contributed by atoms with Gasteiger partial charge in [0.15, 0.2) is 5.76 Å². The third-order valence-electron chi connectivity index (χ3n) is 2.98. The number of furan rings is 1. The predicted molar refractivity (Wildman–Crippen MR) is 70.5 cm³/mol. The van der Waals surface area contributed by atoms with Crippen LogP contribution in [0.5, 0.6) is 0 Å². The third-order valence-corrected chi connectivity index (χ3v) is 2.98. The van der Waals surface area contributed by atoms with Crippen LogP contribution in [-0.2, 0) is 0 Å². The van der Waals surface area contributed by atoms with Crippen molar-refractivity contribution in [3.8, 4) is 0 Å². The first kappa shape index (κ1) is 12.4. The van der Waals surface area contributed by atoms with Gasteiger partial charge in [-0.25, -0.2) is 0 Å². The first-order valence-corrected chi connectivity index (χ1v) is 5.99. The van der Waals surface area contributed by atoms with E-state index < -0.39 is 0 Å². The van der Waals surface area contributed by atoms with E-state index in [1.165, 1.54) is 17.4 Å². The van der Waals surface area contributed by atoms with E-state index in [2.05, 4.69) is 37.4 Å². The Labute approximate surface area is 107 Å². The van der Waals surface area contributed by atoms with Gasteiger partial charge in [0, 0.05) is 0 Å². The second-order valence-electron chi connectivity index (χ2n) is 4.53. The summed E-state index contributed by atoms with van der Waals surface area (Å²) in [5, 5.41) is 2.93. The molecule has 0 bridgehead atoms. The molecule has 0 aliphatic rings. The van der Waals surface area contributed by atoms with E-state index in [1.54, 1.807) is 12.1 Å². The molecular weight excluding hydrogens is 226 g/mol. The van der Waals surface area contributed by atoms with Gasteiger partial charge in [-0.15, -0.1) is 0 Å². The van der Waals surface area contributed by atoms with Gasteiger partial charge >= 0.3 is 0 Å². The van der Waals surface area contributed by atoms with E-state index in [0.717, 1.165) is 5.56 Å². The summed E-state index contributed by atoms with van der Waals surface area (Å²) in [6, 6.07) is 9.55. The number of aryl methyl sites for hydroxylation is 2. The Kier molecular flexibility index (Phi) is 3.51. The van der Waals surface area contributed by atoms with Crippen LogP contribution in [0.4, 0.5) is 0 Å². The SMILES string of the molecule is Cc1ccc([C@@H](C)NC(=O)c2ccco2)c(C)c1. The molecule has 1 aromatic carbocycles. The Bertz CT molecular complexity index is 544. The molecule has 0 fully saturated rings. The van der Waals surface area contributed by atoms with Gasteiger partial charge in [0.25, 0.3) is 5.91 Å². The number of carbonyl (C=O) groups excluding carboxylic acids is 1. The normalized spacial score (nSPS) is 12.2. The van der Waals surface area contributed by atoms with Crippen LogP contribution in [-0.4, -0.2) is 5.91 Å². The Morgan fingerprint density at radius 3 is 2.67 bits per heavy atom. The number of hydrogen-bond acceptors (Lipinski definition) is 2. The maximum atomic E-state index is 11.9. The lowest BCUT2D eigenvalue weighted by molar-refractivity contribution is 0.0912. The summed E-state index contributed by atoms with van der Waals surface area (Å²) in [5.41, 5.74) is 3.53. The average molecular weight is 243 g/mol. The summed E-state index contributed by atoms with van der Waals surface area (Å²) < 4.78 is 5.07. The standard InChI is InChI=1S/C15H17NO2/c1-10-6-7-13(11(2)9-10)12(3)16-15(17)14-5-4-8-18-14/h4-9,12H,1-3H3,(H,16,17)/t12-/m1/s1. The van der Waals surface area contributed by atoms with Crippen molar-refractivity contribution in [2.24, 2.45) is 0 Å². The molecule has 1 atom stereocenters. The van der Waals surface area contributed by atoms with Gasteiger partial charge in [0.05, 0.1) is 12.3 Å². The van der Waals surface area contributed by atoms with Crippen LogP contribution in [0.25, 0.3) is 0 Å². The maximum Gasteiger partial charge on any atom is 0.287 e. The van der Waals surface area contributed by atoms with E-state index in [0.29, 0.717) is 5.76 Å². The van der Waals surface area contributed by atoms with Crippen LogP contribution in [0.1, 0.15) is 40.2 Å². The molecule has 1 amide bonds. The molecule has 0 spiro atoms. The smallest absolute Gasteiger partial charge is 0.287 e. The van der Waals surface area contributed by atoms with Crippen molar-refractivity contribution in [1.29, 1.82) is 0 Å². The first-order valence-electron chi connectivity index (χ1n) is 5.99. The molecule has 3 nitrogen and oxygen atoms in total. The van der Waals surface area contributed by atoms with Crippen LogP contribution >= 0.6 is 0 Å². The fraction of sp³-hybridized carbons (Fsp3) is 0.267. The first-order chi connectivity index (χ1) is 8.58. The van der Waals surface area contributed by atoms with Crippen molar-refractivity contribution < 1.29 is 9.21 Å². The number of rotatable bonds is 3. The van der Waals surface area contributed by atoms with Crippen LogP contribution in [0, 0.1) is 13.8 Å². The minimum absolute atomic E-state index is 0.0387. The van der Waals surface area contributed by atoms with E-state index >= 15 is 0 Å². The molecule has 0 saturated carbocycles. The van der Waals surface area contributed by atoms with E-state index in [1.807, 2.05) is 6.92 Å². The van der Waals surface area contributed by atoms with Gasteiger partial charge in [-0.3, -0.25) is 4.79 Å². The highest BCUT2D eigenvalue weighted by Crippen LogP contribution is 2.19. The van der Waals surface area contributed by atoms with Gasteiger partial charge in [-0.1, -0.05) is 23.8 Å². The highest BCUT2D eigenvalue weighted by molar-refractivity contribution is 5.91. The molecule has 0 aliphatic carbocycles. The van der Waals surface area contributed by atoms with Crippen LogP contribution < -0.4 is 5.32 Å². The number of amides is 1. The van der Waals surface area contributed by atoms with Crippen molar-refractivity contribution in [2.45, 2.75) is 26.8 Å². The summed E-state index contributed by atoms with van der Waals surface area (Å²) >= 11 is 0. The molecule has 1 N–H and O–H groups in total. The Balaban J connectivity index is 2.12. The zero-order chi connectivity index (χ0) is 13.1. The number of carbonyl (C=O) groups is 1. The topological polar surface area (TPSA) is 42.2 Å². The van der Waals surface area contributed by atoms with E-state index in [4.69, 9.17) is 4.42 Å². The summed E-state index contributed by atoms with van der Waals surface area (Å²) in [4.78, 5) is 11.9. The van der Waals surface area contributed by atoms with Crippen molar-refractivity contribution in [3.05, 3.63) is 59.0 Å². The van der Waals surface area contributed by atoms with Crippen LogP contribution in [0.2, 0.25) is 0 Å². The summed E-state index contributed by atoms with van der Waals surface area (Å²) in [6.07, 6.45) is 1.50. The van der Waals surface area contributed by atoms with Gasteiger partial charge in [-0.05, 0) is 44.0 Å². The summed E-state index contributed by atoms with van der Waals surface area (Å²) in [6.45, 7) is 6.08. The minimum Gasteiger partial charge on any atom is -0.459 e. The quantitative estimate of drug-likeness (QED) is 0.897. The molecule has 0 aliphatic heterocycles. The monoisotopic (exact) mass is 243 g/mol. The zero-order valence-electron chi connectivity index (χ0n) is 10.9. The van der Waals surface area contributed by atoms with Gasteiger partial charge in [0.1, 0.15) is 0 Å². The molecule has 3 heteroatoms. The van der Waals surface area contributed by atoms with Crippen molar-refractivity contribution in [3.63, 3.8) is 0 Å². The average Bonchev–Trinajstić information content (AvgIpc) is 2.81. The molecule has 94 valence electrons. The molecule has 18 heavy (non-hydrogen) atoms. The number of benzene rings is 1. The minimum atomic E-state index is -0.188. The Morgan fingerprint density at radius 1 is 1.28 bits per heavy atom. The lowest BCUT2D eigenvalue weighted by Crippen LogP contribution is -2.26. The molecular formula is C15H17NO2. The highest BCUT2D eigenvalue weighted by Gasteiger charge is 2.14. The largest absolute Gasteiger partial charge is 0.459 e. The highest BCUT2D eigenvalue weighted by atomic mass is 16.3. The number of hydrogen-bond donors (Lipinski definition) is 1. The molecule has 0 unspecified atom stereocenters. The van der Waals surface area contributed by atoms with E-state index in [9.17, 15) is 4.79 Å². The van der Waals surface area contributed by atoms with E-state index in [-0.39, 0.29) is 11.9 Å². The van der Waals surface area contributed by atoms with Crippen molar-refractivity contribution in [2.75, 3.05) is 0 Å². The second-order valence-corrected chi connectivity index (χ2v) is 4.53.